The van der Waals surface area contributed by atoms with Crippen molar-refractivity contribution in [3.63, 3.8) is 0 Å². The third-order valence-electron chi connectivity index (χ3n) is 4.18. The molecule has 2 N–H and O–H groups in total. The van der Waals surface area contributed by atoms with Gasteiger partial charge < -0.3 is 20.3 Å². The normalized spacial score (nSPS) is 14.8. The van der Waals surface area contributed by atoms with E-state index in [0.29, 0.717) is 31.7 Å². The molecule has 7 heteroatoms. The second-order valence-electron chi connectivity index (χ2n) is 6.01. The Bertz CT molecular complexity index is 583. The van der Waals surface area contributed by atoms with E-state index in [-0.39, 0.29) is 30.3 Å². The highest BCUT2D eigenvalue weighted by Gasteiger charge is 2.23. The lowest BCUT2D eigenvalue weighted by Gasteiger charge is -2.32. The fourth-order valence-corrected chi connectivity index (χ4v) is 2.75. The van der Waals surface area contributed by atoms with E-state index >= 15 is 0 Å². The number of amides is 3. The molecule has 1 heterocycles. The van der Waals surface area contributed by atoms with Crippen molar-refractivity contribution in [1.29, 1.82) is 0 Å². The Morgan fingerprint density at radius 1 is 1.16 bits per heavy atom. The Kier molecular flexibility index (Phi) is 7.40. The number of ether oxygens (including phenoxy) is 1. The fraction of sp³-hybridized carbons (Fsp3) is 0.500. The predicted molar refractivity (Wildman–Crippen MR) is 93.0 cm³/mol. The largest absolute Gasteiger partial charge is 0.384 e. The molecule has 0 spiro atoms. The van der Waals surface area contributed by atoms with Gasteiger partial charge in [-0.2, -0.15) is 0 Å². The Morgan fingerprint density at radius 2 is 1.84 bits per heavy atom. The van der Waals surface area contributed by atoms with Gasteiger partial charge in [-0.1, -0.05) is 18.2 Å². The quantitative estimate of drug-likeness (QED) is 0.754. The zero-order valence-corrected chi connectivity index (χ0v) is 14.5. The minimum Gasteiger partial charge on any atom is -0.384 e. The van der Waals surface area contributed by atoms with Crippen LogP contribution in [0.4, 0.5) is 0 Å². The van der Waals surface area contributed by atoms with Crippen molar-refractivity contribution in [3.05, 3.63) is 35.9 Å². The molecule has 0 aliphatic carbocycles. The third-order valence-corrected chi connectivity index (χ3v) is 4.18. The van der Waals surface area contributed by atoms with E-state index in [0.717, 1.165) is 12.8 Å². The summed E-state index contributed by atoms with van der Waals surface area (Å²) in [7, 11) is 1.58. The molecular formula is C18H25N3O4. The van der Waals surface area contributed by atoms with Gasteiger partial charge in [-0.05, 0) is 25.0 Å². The van der Waals surface area contributed by atoms with Gasteiger partial charge in [0, 0.05) is 31.8 Å². The summed E-state index contributed by atoms with van der Waals surface area (Å²) < 4.78 is 4.92. The van der Waals surface area contributed by atoms with E-state index in [4.69, 9.17) is 4.74 Å². The van der Waals surface area contributed by atoms with Gasteiger partial charge >= 0.3 is 0 Å². The first kappa shape index (κ1) is 18.9. The van der Waals surface area contributed by atoms with E-state index < -0.39 is 0 Å². The lowest BCUT2D eigenvalue weighted by molar-refractivity contribution is -0.133. The first-order valence-electron chi connectivity index (χ1n) is 8.49. The Balaban J connectivity index is 1.67. The van der Waals surface area contributed by atoms with Crippen molar-refractivity contribution in [1.82, 2.24) is 15.5 Å². The third kappa shape index (κ3) is 6.19. The van der Waals surface area contributed by atoms with Crippen LogP contribution in [0.15, 0.2) is 30.3 Å². The zero-order valence-electron chi connectivity index (χ0n) is 14.5. The van der Waals surface area contributed by atoms with Gasteiger partial charge in [-0.15, -0.1) is 0 Å². The standard InChI is InChI=1S/C18H25N3O4/c1-25-12-9-17(23)21-10-7-15(8-11-21)20-16(22)13-19-18(24)14-5-3-2-4-6-14/h2-6,15H,7-13H2,1H3,(H,19,24)(H,20,22). The summed E-state index contributed by atoms with van der Waals surface area (Å²) in [5.74, 6) is -0.399. The number of benzene rings is 1. The molecule has 7 nitrogen and oxygen atoms in total. The first-order valence-corrected chi connectivity index (χ1v) is 8.49. The van der Waals surface area contributed by atoms with Gasteiger partial charge in [0.25, 0.3) is 5.91 Å². The Morgan fingerprint density at radius 3 is 2.48 bits per heavy atom. The second-order valence-corrected chi connectivity index (χ2v) is 6.01. The van der Waals surface area contributed by atoms with Crippen LogP contribution in [0, 0.1) is 0 Å². The van der Waals surface area contributed by atoms with E-state index in [9.17, 15) is 14.4 Å². The van der Waals surface area contributed by atoms with Gasteiger partial charge in [-0.3, -0.25) is 14.4 Å². The number of nitrogens with one attached hydrogen (secondary N) is 2. The number of hydrogen-bond acceptors (Lipinski definition) is 4. The number of methoxy groups -OCH3 is 1. The maximum absolute atomic E-state index is 12.0. The number of carbonyl (C=O) groups is 3. The van der Waals surface area contributed by atoms with Gasteiger partial charge in [0.2, 0.25) is 11.8 Å². The summed E-state index contributed by atoms with van der Waals surface area (Å²) in [5, 5.41) is 5.52. The molecule has 0 radical (unpaired) electrons. The highest BCUT2D eigenvalue weighted by molar-refractivity contribution is 5.96. The van der Waals surface area contributed by atoms with E-state index in [1.54, 1.807) is 36.3 Å². The average Bonchev–Trinajstić information content (AvgIpc) is 2.65. The number of piperidine rings is 1. The van der Waals surface area contributed by atoms with Crippen molar-refractivity contribution in [2.45, 2.75) is 25.3 Å². The SMILES string of the molecule is COCCC(=O)N1CCC(NC(=O)CNC(=O)c2ccccc2)CC1. The molecular weight excluding hydrogens is 322 g/mol. The summed E-state index contributed by atoms with van der Waals surface area (Å²) in [6.45, 7) is 1.63. The molecule has 1 aliphatic heterocycles. The smallest absolute Gasteiger partial charge is 0.251 e. The average molecular weight is 347 g/mol. The van der Waals surface area contributed by atoms with Crippen molar-refractivity contribution < 1.29 is 19.1 Å². The van der Waals surface area contributed by atoms with Crippen LogP contribution in [0.2, 0.25) is 0 Å². The lowest BCUT2D eigenvalue weighted by Crippen LogP contribution is -2.48. The monoisotopic (exact) mass is 347 g/mol. The van der Waals surface area contributed by atoms with Gasteiger partial charge in [0.05, 0.1) is 19.6 Å². The van der Waals surface area contributed by atoms with Crippen molar-refractivity contribution in [3.8, 4) is 0 Å². The van der Waals surface area contributed by atoms with E-state index in [1.165, 1.54) is 0 Å². The topological polar surface area (TPSA) is 87.7 Å². The maximum atomic E-state index is 12.0. The van der Waals surface area contributed by atoms with Gasteiger partial charge in [-0.25, -0.2) is 0 Å². The molecule has 1 aliphatic rings. The molecule has 0 aromatic heterocycles. The van der Waals surface area contributed by atoms with Crippen LogP contribution >= 0.6 is 0 Å². The van der Waals surface area contributed by atoms with Crippen LogP contribution in [-0.4, -0.2) is 62.0 Å². The first-order chi connectivity index (χ1) is 12.1. The Hall–Kier alpha value is -2.41. The van der Waals surface area contributed by atoms with Crippen LogP contribution < -0.4 is 10.6 Å². The molecule has 0 saturated carbocycles. The minimum atomic E-state index is -0.269. The molecule has 1 aromatic rings. The molecule has 3 amide bonds. The Labute approximate surface area is 147 Å². The zero-order chi connectivity index (χ0) is 18.1. The number of carbonyl (C=O) groups excluding carboxylic acids is 3. The van der Waals surface area contributed by atoms with Crippen LogP contribution in [0.25, 0.3) is 0 Å². The molecule has 0 atom stereocenters. The maximum Gasteiger partial charge on any atom is 0.251 e. The summed E-state index contributed by atoms with van der Waals surface area (Å²) in [6, 6.07) is 8.81. The summed E-state index contributed by atoms with van der Waals surface area (Å²) in [6.07, 6.45) is 1.83. The van der Waals surface area contributed by atoms with Crippen molar-refractivity contribution >= 4 is 17.7 Å². The van der Waals surface area contributed by atoms with Crippen LogP contribution in [0.5, 0.6) is 0 Å². The molecule has 0 unspecified atom stereocenters. The molecule has 25 heavy (non-hydrogen) atoms. The molecule has 1 aromatic carbocycles. The van der Waals surface area contributed by atoms with Crippen molar-refractivity contribution in [2.75, 3.05) is 33.4 Å². The molecule has 1 fully saturated rings. The number of nitrogens with zero attached hydrogens (tertiary/aromatic N) is 1. The highest BCUT2D eigenvalue weighted by Crippen LogP contribution is 2.11. The predicted octanol–water partition coefficient (Wildman–Crippen LogP) is 0.560. The molecule has 136 valence electrons. The lowest BCUT2D eigenvalue weighted by atomic mass is 10.0. The number of rotatable bonds is 7. The van der Waals surface area contributed by atoms with Crippen LogP contribution in [0.3, 0.4) is 0 Å². The molecule has 1 saturated heterocycles. The van der Waals surface area contributed by atoms with Gasteiger partial charge in [0.1, 0.15) is 0 Å². The van der Waals surface area contributed by atoms with Crippen LogP contribution in [-0.2, 0) is 14.3 Å². The number of hydrogen-bond donors (Lipinski definition) is 2. The summed E-state index contributed by atoms with van der Waals surface area (Å²) in [5.41, 5.74) is 0.526. The molecule has 0 bridgehead atoms. The summed E-state index contributed by atoms with van der Waals surface area (Å²) >= 11 is 0. The van der Waals surface area contributed by atoms with Crippen molar-refractivity contribution in [2.24, 2.45) is 0 Å². The highest BCUT2D eigenvalue weighted by atomic mass is 16.5. The van der Waals surface area contributed by atoms with E-state index in [2.05, 4.69) is 10.6 Å². The number of likely N-dealkylation sites (tertiary alicyclic amines) is 1. The van der Waals surface area contributed by atoms with E-state index in [1.807, 2.05) is 6.07 Å². The fourth-order valence-electron chi connectivity index (χ4n) is 2.75. The van der Waals surface area contributed by atoms with Gasteiger partial charge in [0.15, 0.2) is 0 Å². The van der Waals surface area contributed by atoms with Crippen LogP contribution in [0.1, 0.15) is 29.6 Å². The summed E-state index contributed by atoms with van der Waals surface area (Å²) in [4.78, 5) is 37.6. The second kappa shape index (κ2) is 9.78. The molecule has 2 rings (SSSR count). The minimum absolute atomic E-state index is 0.0348.